The average molecular weight is 642 g/mol. The van der Waals surface area contributed by atoms with Crippen LogP contribution in [0, 0.1) is 0 Å². The van der Waals surface area contributed by atoms with Crippen LogP contribution >= 0.6 is 0 Å². The molecule has 0 amide bonds. The molecule has 2 unspecified atom stereocenters. The highest BCUT2D eigenvalue weighted by Gasteiger charge is 2.25. The van der Waals surface area contributed by atoms with Gasteiger partial charge in [-0.25, -0.2) is 0 Å². The summed E-state index contributed by atoms with van der Waals surface area (Å²) < 4.78 is 17.0. The minimum Gasteiger partial charge on any atom is -0.544 e. The number of ether oxygens (including phenoxy) is 3. The number of carboxylic acids is 1. The standard InChI is InChI=1S/C37H71NO7/c1-6-8-10-12-14-16-18-20-21-23-25-27-35(39)44-32-33(31-43-30-29-34(37(41)42)38(3,4)5)45-36(40)28-26-24-22-19-17-15-13-11-9-7-2/h33-34H,6-32H2,1-5H3. The van der Waals surface area contributed by atoms with Crippen molar-refractivity contribution in [3.63, 3.8) is 0 Å². The predicted molar refractivity (Wildman–Crippen MR) is 181 cm³/mol. The van der Waals surface area contributed by atoms with Gasteiger partial charge in [0, 0.05) is 19.3 Å². The molecule has 0 aromatic rings. The fourth-order valence-electron chi connectivity index (χ4n) is 5.54. The van der Waals surface area contributed by atoms with Crippen molar-refractivity contribution in [2.75, 3.05) is 41.0 Å². The van der Waals surface area contributed by atoms with Crippen LogP contribution in [-0.2, 0) is 28.6 Å². The van der Waals surface area contributed by atoms with E-state index in [0.717, 1.165) is 38.5 Å². The SMILES string of the molecule is CCCCCCCCCCCCCC(=O)OCC(COCCC(C(=O)[O-])[N+](C)(C)C)OC(=O)CCCCCCCCCCCC. The van der Waals surface area contributed by atoms with Crippen molar-refractivity contribution < 1.29 is 38.2 Å². The lowest BCUT2D eigenvalue weighted by atomic mass is 10.1. The third-order valence-corrected chi connectivity index (χ3v) is 8.49. The Bertz CT molecular complexity index is 722. The molecule has 0 aromatic carbocycles. The number of aliphatic carboxylic acids is 1. The van der Waals surface area contributed by atoms with Crippen LogP contribution in [0.1, 0.15) is 168 Å². The van der Waals surface area contributed by atoms with E-state index in [0.29, 0.717) is 12.8 Å². The molecule has 0 fully saturated rings. The maximum absolute atomic E-state index is 12.6. The van der Waals surface area contributed by atoms with Gasteiger partial charge in [0.15, 0.2) is 6.10 Å². The molecule has 0 aliphatic heterocycles. The Morgan fingerprint density at radius 1 is 0.578 bits per heavy atom. The molecule has 0 heterocycles. The highest BCUT2D eigenvalue weighted by Crippen LogP contribution is 2.14. The van der Waals surface area contributed by atoms with E-state index in [9.17, 15) is 19.5 Å². The molecule has 8 heteroatoms. The highest BCUT2D eigenvalue weighted by molar-refractivity contribution is 5.70. The van der Waals surface area contributed by atoms with Crippen molar-refractivity contribution in [2.24, 2.45) is 0 Å². The number of hydrogen-bond donors (Lipinski definition) is 0. The van der Waals surface area contributed by atoms with Crippen LogP contribution < -0.4 is 5.11 Å². The van der Waals surface area contributed by atoms with Crippen molar-refractivity contribution in [3.8, 4) is 0 Å². The summed E-state index contributed by atoms with van der Waals surface area (Å²) in [5, 5.41) is 11.5. The molecule has 0 aromatic heterocycles. The number of quaternary nitrogens is 1. The maximum atomic E-state index is 12.6. The summed E-state index contributed by atoms with van der Waals surface area (Å²) in [5.74, 6) is -1.73. The second-order valence-electron chi connectivity index (χ2n) is 13.8. The van der Waals surface area contributed by atoms with Crippen LogP contribution in [0.3, 0.4) is 0 Å². The number of unbranched alkanes of at least 4 members (excludes halogenated alkanes) is 19. The van der Waals surface area contributed by atoms with Gasteiger partial charge in [0.25, 0.3) is 0 Å². The molecule has 0 saturated carbocycles. The molecule has 45 heavy (non-hydrogen) atoms. The Labute approximate surface area is 276 Å². The zero-order chi connectivity index (χ0) is 33.6. The van der Waals surface area contributed by atoms with E-state index in [-0.39, 0.29) is 42.7 Å². The van der Waals surface area contributed by atoms with Gasteiger partial charge in [-0.1, -0.05) is 136 Å². The summed E-state index contributed by atoms with van der Waals surface area (Å²) in [4.78, 5) is 36.5. The van der Waals surface area contributed by atoms with E-state index in [1.165, 1.54) is 96.3 Å². The van der Waals surface area contributed by atoms with Crippen molar-refractivity contribution in [1.29, 1.82) is 0 Å². The Hall–Kier alpha value is -1.67. The number of carbonyl (C=O) groups is 3. The van der Waals surface area contributed by atoms with Crippen LogP contribution in [0.2, 0.25) is 0 Å². The molecule has 0 aliphatic carbocycles. The van der Waals surface area contributed by atoms with E-state index in [1.54, 1.807) is 21.1 Å². The summed E-state index contributed by atoms with van der Waals surface area (Å²) in [7, 11) is 5.40. The van der Waals surface area contributed by atoms with Crippen LogP contribution in [-0.4, -0.2) is 75.5 Å². The van der Waals surface area contributed by atoms with Gasteiger partial charge in [0.2, 0.25) is 0 Å². The first-order chi connectivity index (χ1) is 21.6. The molecule has 2 atom stereocenters. The molecule has 266 valence electrons. The fourth-order valence-corrected chi connectivity index (χ4v) is 5.54. The van der Waals surface area contributed by atoms with E-state index in [1.807, 2.05) is 0 Å². The molecule has 0 bridgehead atoms. The third-order valence-electron chi connectivity index (χ3n) is 8.49. The van der Waals surface area contributed by atoms with E-state index in [2.05, 4.69) is 13.8 Å². The van der Waals surface area contributed by atoms with E-state index < -0.39 is 18.1 Å². The van der Waals surface area contributed by atoms with Crippen LogP contribution in [0.5, 0.6) is 0 Å². The first kappa shape index (κ1) is 43.3. The normalized spacial score (nSPS) is 13.0. The maximum Gasteiger partial charge on any atom is 0.306 e. The highest BCUT2D eigenvalue weighted by atomic mass is 16.6. The quantitative estimate of drug-likeness (QED) is 0.0411. The first-order valence-electron chi connectivity index (χ1n) is 18.6. The molecule has 0 spiro atoms. The average Bonchev–Trinajstić information content (AvgIpc) is 2.98. The summed E-state index contributed by atoms with van der Waals surface area (Å²) in [6.45, 7) is 4.64. The monoisotopic (exact) mass is 642 g/mol. The van der Waals surface area contributed by atoms with Gasteiger partial charge in [0.1, 0.15) is 12.6 Å². The molecule has 8 nitrogen and oxygen atoms in total. The molecule has 0 rings (SSSR count). The van der Waals surface area contributed by atoms with Crippen LogP contribution in [0.15, 0.2) is 0 Å². The van der Waals surface area contributed by atoms with Gasteiger partial charge in [-0.15, -0.1) is 0 Å². The molecule has 0 aliphatic rings. The van der Waals surface area contributed by atoms with Gasteiger partial charge < -0.3 is 28.6 Å². The lowest BCUT2D eigenvalue weighted by Gasteiger charge is -2.34. The number of hydrogen-bond acceptors (Lipinski definition) is 7. The summed E-state index contributed by atoms with van der Waals surface area (Å²) in [6.07, 6.45) is 25.5. The van der Waals surface area contributed by atoms with Crippen molar-refractivity contribution in [2.45, 2.75) is 180 Å². The van der Waals surface area contributed by atoms with E-state index >= 15 is 0 Å². The zero-order valence-corrected chi connectivity index (χ0v) is 30.1. The second-order valence-corrected chi connectivity index (χ2v) is 13.8. The van der Waals surface area contributed by atoms with Crippen molar-refractivity contribution in [1.82, 2.24) is 0 Å². The number of nitrogens with zero attached hydrogens (tertiary/aromatic N) is 1. The first-order valence-corrected chi connectivity index (χ1v) is 18.6. The van der Waals surface area contributed by atoms with E-state index in [4.69, 9.17) is 14.2 Å². The van der Waals surface area contributed by atoms with Gasteiger partial charge in [-0.05, 0) is 12.8 Å². The molecule has 0 radical (unpaired) electrons. The molecule has 0 N–H and O–H groups in total. The van der Waals surface area contributed by atoms with Gasteiger partial charge >= 0.3 is 11.9 Å². The Morgan fingerprint density at radius 2 is 0.978 bits per heavy atom. The lowest BCUT2D eigenvalue weighted by molar-refractivity contribution is -0.889. The Kier molecular flexibility index (Phi) is 28.6. The van der Waals surface area contributed by atoms with Gasteiger partial charge in [-0.2, -0.15) is 0 Å². The number of carbonyl (C=O) groups excluding carboxylic acids is 3. The predicted octanol–water partition coefficient (Wildman–Crippen LogP) is 7.68. The smallest absolute Gasteiger partial charge is 0.306 e. The zero-order valence-electron chi connectivity index (χ0n) is 30.1. The van der Waals surface area contributed by atoms with Crippen LogP contribution in [0.25, 0.3) is 0 Å². The van der Waals surface area contributed by atoms with Gasteiger partial charge in [-0.3, -0.25) is 9.59 Å². The summed E-state index contributed by atoms with van der Waals surface area (Å²) >= 11 is 0. The number of rotatable bonds is 33. The summed E-state index contributed by atoms with van der Waals surface area (Å²) in [5.41, 5.74) is 0. The third kappa shape index (κ3) is 28.3. The summed E-state index contributed by atoms with van der Waals surface area (Å²) in [6, 6.07) is -0.717. The molecular formula is C37H71NO7. The van der Waals surface area contributed by atoms with Crippen molar-refractivity contribution in [3.05, 3.63) is 0 Å². The minimum absolute atomic E-state index is 0.0480. The van der Waals surface area contributed by atoms with Crippen LogP contribution in [0.4, 0.5) is 0 Å². The van der Waals surface area contributed by atoms with Crippen molar-refractivity contribution >= 4 is 17.9 Å². The Balaban J connectivity index is 4.42. The second kappa shape index (κ2) is 29.7. The largest absolute Gasteiger partial charge is 0.544 e. The number of likely N-dealkylation sites (N-methyl/N-ethyl adjacent to an activating group) is 1. The lowest BCUT2D eigenvalue weighted by Crippen LogP contribution is -2.55. The fraction of sp³-hybridized carbons (Fsp3) is 0.919. The topological polar surface area (TPSA) is 102 Å². The Morgan fingerprint density at radius 3 is 1.38 bits per heavy atom. The molecular weight excluding hydrogens is 570 g/mol. The van der Waals surface area contributed by atoms with Gasteiger partial charge in [0.05, 0.1) is 40.3 Å². The minimum atomic E-state index is -1.12. The number of carboxylic acid groups (broad SMARTS) is 1. The number of esters is 2. The molecule has 0 saturated heterocycles.